The molecule has 1 atom stereocenters. The highest BCUT2D eigenvalue weighted by atomic mass is 14.8. The average molecular weight is 247 g/mol. The molecule has 0 aliphatic heterocycles. The maximum Gasteiger partial charge on any atom is 0.0370 e. The van der Waals surface area contributed by atoms with Gasteiger partial charge in [0.05, 0.1) is 0 Å². The molecule has 0 radical (unpaired) electrons. The second-order valence-electron chi connectivity index (χ2n) is 5.48. The van der Waals surface area contributed by atoms with E-state index < -0.39 is 0 Å². The molecule has 0 saturated carbocycles. The second-order valence-corrected chi connectivity index (χ2v) is 5.48. The summed E-state index contributed by atoms with van der Waals surface area (Å²) >= 11 is 0. The largest absolute Gasteiger partial charge is 0.388 e. The lowest BCUT2D eigenvalue weighted by Crippen LogP contribution is -2.01. The number of aryl methyl sites for hydroxylation is 1. The molecule has 0 spiro atoms. The molecule has 1 aromatic carbocycles. The topological polar surface area (TPSA) is 12.0 Å². The fraction of sp³-hybridized carbons (Fsp3) is 0.647. The highest BCUT2D eigenvalue weighted by Gasteiger charge is 2.06. The maximum atomic E-state index is 3.27. The Balaban J connectivity index is 2.43. The lowest BCUT2D eigenvalue weighted by Gasteiger charge is -2.14. The van der Waals surface area contributed by atoms with Crippen LogP contribution in [0.3, 0.4) is 0 Å². The first-order valence-corrected chi connectivity index (χ1v) is 7.45. The number of hydrogen-bond donors (Lipinski definition) is 1. The van der Waals surface area contributed by atoms with Crippen LogP contribution in [0.25, 0.3) is 0 Å². The van der Waals surface area contributed by atoms with Gasteiger partial charge in [0.15, 0.2) is 0 Å². The zero-order valence-electron chi connectivity index (χ0n) is 12.6. The molecule has 1 rings (SSSR count). The summed E-state index contributed by atoms with van der Waals surface area (Å²) in [6.45, 7) is 6.90. The monoisotopic (exact) mass is 247 g/mol. The van der Waals surface area contributed by atoms with Gasteiger partial charge in [0.2, 0.25) is 0 Å². The van der Waals surface area contributed by atoms with Crippen molar-refractivity contribution in [2.45, 2.75) is 59.3 Å². The normalized spacial score (nSPS) is 12.4. The first kappa shape index (κ1) is 15.1. The number of unbranched alkanes of at least 4 members (excludes halogenated alkanes) is 2. The van der Waals surface area contributed by atoms with Gasteiger partial charge in [0, 0.05) is 12.7 Å². The third-order valence-electron chi connectivity index (χ3n) is 3.92. The lowest BCUT2D eigenvalue weighted by molar-refractivity contribution is 0.464. The Morgan fingerprint density at radius 1 is 1.17 bits per heavy atom. The van der Waals surface area contributed by atoms with E-state index in [9.17, 15) is 0 Å². The summed E-state index contributed by atoms with van der Waals surface area (Å²) in [7, 11) is 2.00. The van der Waals surface area contributed by atoms with Crippen LogP contribution in [-0.4, -0.2) is 7.05 Å². The minimum Gasteiger partial charge on any atom is -0.388 e. The van der Waals surface area contributed by atoms with Gasteiger partial charge >= 0.3 is 0 Å². The molecule has 102 valence electrons. The Morgan fingerprint density at radius 2 is 1.94 bits per heavy atom. The van der Waals surface area contributed by atoms with Gasteiger partial charge in [-0.15, -0.1) is 0 Å². The third-order valence-corrected chi connectivity index (χ3v) is 3.92. The van der Waals surface area contributed by atoms with E-state index in [1.54, 1.807) is 0 Å². The molecule has 0 bridgehead atoms. The summed E-state index contributed by atoms with van der Waals surface area (Å²) in [5.41, 5.74) is 4.19. The van der Waals surface area contributed by atoms with E-state index in [4.69, 9.17) is 0 Å². The van der Waals surface area contributed by atoms with Gasteiger partial charge in [-0.2, -0.15) is 0 Å². The van der Waals surface area contributed by atoms with Crippen LogP contribution in [0, 0.1) is 12.8 Å². The van der Waals surface area contributed by atoms with Crippen LogP contribution < -0.4 is 5.32 Å². The van der Waals surface area contributed by atoms with E-state index in [0.717, 1.165) is 5.92 Å². The summed E-state index contributed by atoms with van der Waals surface area (Å²) in [6.07, 6.45) is 8.03. The molecule has 0 aliphatic rings. The van der Waals surface area contributed by atoms with Crippen molar-refractivity contribution < 1.29 is 0 Å². The molecule has 0 amide bonds. The van der Waals surface area contributed by atoms with Crippen LogP contribution in [0.1, 0.15) is 57.1 Å². The first-order valence-electron chi connectivity index (χ1n) is 7.45. The molecule has 1 unspecified atom stereocenters. The van der Waals surface area contributed by atoms with Crippen LogP contribution >= 0.6 is 0 Å². The Morgan fingerprint density at radius 3 is 2.61 bits per heavy atom. The van der Waals surface area contributed by atoms with E-state index >= 15 is 0 Å². The van der Waals surface area contributed by atoms with E-state index in [-0.39, 0.29) is 0 Å². The van der Waals surface area contributed by atoms with E-state index in [0.29, 0.717) is 0 Å². The highest BCUT2D eigenvalue weighted by Crippen LogP contribution is 2.22. The van der Waals surface area contributed by atoms with Crippen LogP contribution in [-0.2, 0) is 6.42 Å². The molecule has 0 saturated heterocycles. The Labute approximate surface area is 113 Å². The van der Waals surface area contributed by atoms with Crippen LogP contribution in [0.5, 0.6) is 0 Å². The Kier molecular flexibility index (Phi) is 6.85. The van der Waals surface area contributed by atoms with Gasteiger partial charge in [-0.3, -0.25) is 0 Å². The van der Waals surface area contributed by atoms with E-state index in [2.05, 4.69) is 44.3 Å². The number of benzene rings is 1. The van der Waals surface area contributed by atoms with Crippen molar-refractivity contribution in [2.75, 3.05) is 12.4 Å². The lowest BCUT2D eigenvalue weighted by atomic mass is 9.94. The van der Waals surface area contributed by atoms with Gasteiger partial charge in [-0.1, -0.05) is 51.7 Å². The average Bonchev–Trinajstić information content (AvgIpc) is 2.38. The van der Waals surface area contributed by atoms with Crippen LogP contribution in [0.2, 0.25) is 0 Å². The quantitative estimate of drug-likeness (QED) is 0.624. The van der Waals surface area contributed by atoms with E-state index in [1.807, 2.05) is 7.05 Å². The third kappa shape index (κ3) is 4.72. The number of anilines is 1. The van der Waals surface area contributed by atoms with Crippen LogP contribution in [0.4, 0.5) is 5.69 Å². The summed E-state index contributed by atoms with van der Waals surface area (Å²) in [4.78, 5) is 0. The fourth-order valence-electron chi connectivity index (χ4n) is 2.51. The molecule has 1 N–H and O–H groups in total. The van der Waals surface area contributed by atoms with Crippen molar-refractivity contribution in [3.05, 3.63) is 29.3 Å². The predicted octanol–water partition coefficient (Wildman–Crippen LogP) is 5.19. The Hall–Kier alpha value is -0.980. The van der Waals surface area contributed by atoms with Gasteiger partial charge in [0.25, 0.3) is 0 Å². The van der Waals surface area contributed by atoms with Crippen molar-refractivity contribution >= 4 is 5.69 Å². The van der Waals surface area contributed by atoms with Crippen molar-refractivity contribution in [2.24, 2.45) is 5.92 Å². The number of nitrogens with one attached hydrogen (secondary N) is 1. The SMILES string of the molecule is CCCCCC(C)CCc1cccc(NC)c1C. The molecule has 1 aromatic rings. The zero-order valence-corrected chi connectivity index (χ0v) is 12.6. The summed E-state index contributed by atoms with van der Waals surface area (Å²) in [6, 6.07) is 6.59. The number of rotatable bonds is 8. The predicted molar refractivity (Wildman–Crippen MR) is 82.4 cm³/mol. The molecule has 0 heterocycles. The van der Waals surface area contributed by atoms with Crippen molar-refractivity contribution in [1.29, 1.82) is 0 Å². The smallest absolute Gasteiger partial charge is 0.0370 e. The summed E-state index contributed by atoms with van der Waals surface area (Å²) < 4.78 is 0. The molecule has 1 nitrogen and oxygen atoms in total. The van der Waals surface area contributed by atoms with Gasteiger partial charge < -0.3 is 5.32 Å². The van der Waals surface area contributed by atoms with Gasteiger partial charge in [-0.25, -0.2) is 0 Å². The summed E-state index contributed by atoms with van der Waals surface area (Å²) in [5, 5.41) is 3.27. The van der Waals surface area contributed by atoms with Crippen molar-refractivity contribution in [1.82, 2.24) is 0 Å². The van der Waals surface area contributed by atoms with Crippen molar-refractivity contribution in [3.8, 4) is 0 Å². The highest BCUT2D eigenvalue weighted by molar-refractivity contribution is 5.53. The maximum absolute atomic E-state index is 3.27. The van der Waals surface area contributed by atoms with Gasteiger partial charge in [-0.05, 0) is 42.9 Å². The molecule has 1 heteroatoms. The molecule has 0 aliphatic carbocycles. The molecule has 0 fully saturated rings. The molecular formula is C17H29N. The number of hydrogen-bond acceptors (Lipinski definition) is 1. The fourth-order valence-corrected chi connectivity index (χ4v) is 2.51. The second kappa shape index (κ2) is 8.18. The standard InChI is InChI=1S/C17H29N/c1-5-6-7-9-14(2)12-13-16-10-8-11-17(18-4)15(16)3/h8,10-11,14,18H,5-7,9,12-13H2,1-4H3. The first-order chi connectivity index (χ1) is 8.69. The minimum absolute atomic E-state index is 0.856. The summed E-state index contributed by atoms with van der Waals surface area (Å²) in [5.74, 6) is 0.856. The zero-order chi connectivity index (χ0) is 13.4. The van der Waals surface area contributed by atoms with Gasteiger partial charge in [0.1, 0.15) is 0 Å². The van der Waals surface area contributed by atoms with Crippen LogP contribution in [0.15, 0.2) is 18.2 Å². The molecule has 18 heavy (non-hydrogen) atoms. The minimum atomic E-state index is 0.856. The van der Waals surface area contributed by atoms with Crippen molar-refractivity contribution in [3.63, 3.8) is 0 Å². The van der Waals surface area contributed by atoms with E-state index in [1.165, 1.54) is 55.3 Å². The molecular weight excluding hydrogens is 218 g/mol. The molecule has 0 aromatic heterocycles. The Bertz CT molecular complexity index is 343.